The molecular weight excluding hydrogens is 828 g/mol. The van der Waals surface area contributed by atoms with E-state index in [9.17, 15) is 44.6 Å². The molecule has 1 aliphatic rings. The highest BCUT2D eigenvalue weighted by Crippen LogP contribution is 2.47. The lowest BCUT2D eigenvalue weighted by molar-refractivity contribution is -0.220. The second kappa shape index (κ2) is 40.0. The van der Waals surface area contributed by atoms with Crippen molar-refractivity contribution < 1.29 is 63.1 Å². The average Bonchev–Trinajstić information content (AvgIpc) is 3.26. The zero-order valence-electron chi connectivity index (χ0n) is 39.9. The number of aliphatic hydroxyl groups is 5. The van der Waals surface area contributed by atoms with Crippen LogP contribution < -0.4 is 0 Å². The number of phosphoric acid groups is 1. The van der Waals surface area contributed by atoms with Crippen molar-refractivity contribution in [2.45, 2.75) is 288 Å². The maximum atomic E-state index is 12.8. The zero-order valence-corrected chi connectivity index (χ0v) is 40.8. The van der Waals surface area contributed by atoms with E-state index in [0.29, 0.717) is 12.8 Å². The predicted molar refractivity (Wildman–Crippen MR) is 249 cm³/mol. The number of hydrogen-bond donors (Lipinski definition) is 6. The topological polar surface area (TPSA) is 210 Å². The van der Waals surface area contributed by atoms with Crippen LogP contribution >= 0.6 is 7.82 Å². The molecule has 63 heavy (non-hydrogen) atoms. The van der Waals surface area contributed by atoms with Crippen LogP contribution in [0.25, 0.3) is 0 Å². The molecule has 1 fully saturated rings. The minimum Gasteiger partial charge on any atom is -0.462 e. The van der Waals surface area contributed by atoms with E-state index in [1.54, 1.807) is 0 Å². The third kappa shape index (κ3) is 32.2. The fourth-order valence-electron chi connectivity index (χ4n) is 8.29. The van der Waals surface area contributed by atoms with Crippen molar-refractivity contribution in [2.24, 2.45) is 0 Å². The fraction of sp³-hybridized carbons (Fsp3) is 0.959. The maximum absolute atomic E-state index is 12.8. The summed E-state index contributed by atoms with van der Waals surface area (Å²) in [4.78, 5) is 35.8. The first-order valence-corrected chi connectivity index (χ1v) is 27.3. The molecule has 0 bridgehead atoms. The third-order valence-corrected chi connectivity index (χ3v) is 13.4. The number of hydrogen-bond acceptors (Lipinski definition) is 12. The van der Waals surface area contributed by atoms with Gasteiger partial charge in [-0.1, -0.05) is 219 Å². The normalized spacial score (nSPS) is 21.6. The molecule has 0 aromatic carbocycles. The van der Waals surface area contributed by atoms with Crippen molar-refractivity contribution in [1.29, 1.82) is 0 Å². The van der Waals surface area contributed by atoms with Gasteiger partial charge in [0.05, 0.1) is 6.61 Å². The van der Waals surface area contributed by atoms with E-state index in [0.717, 1.165) is 38.5 Å². The Morgan fingerprint density at radius 3 is 1.05 bits per heavy atom. The molecular formula is C49H95O13P. The Kier molecular flexibility index (Phi) is 38.0. The molecule has 0 aromatic heterocycles. The molecule has 0 aromatic rings. The lowest BCUT2D eigenvalue weighted by Gasteiger charge is -2.41. The van der Waals surface area contributed by atoms with Gasteiger partial charge in [-0.3, -0.25) is 18.6 Å². The molecule has 374 valence electrons. The van der Waals surface area contributed by atoms with Crippen LogP contribution in [0.2, 0.25) is 0 Å². The minimum absolute atomic E-state index is 0.105. The van der Waals surface area contributed by atoms with E-state index in [4.69, 9.17) is 18.5 Å². The summed E-state index contributed by atoms with van der Waals surface area (Å²) >= 11 is 0. The van der Waals surface area contributed by atoms with E-state index in [2.05, 4.69) is 13.8 Å². The van der Waals surface area contributed by atoms with Gasteiger partial charge in [-0.2, -0.15) is 0 Å². The van der Waals surface area contributed by atoms with Gasteiger partial charge < -0.3 is 39.9 Å². The molecule has 0 saturated heterocycles. The number of phosphoric ester groups is 1. The Balaban J connectivity index is 2.37. The van der Waals surface area contributed by atoms with Gasteiger partial charge in [0.2, 0.25) is 0 Å². The molecule has 1 aliphatic carbocycles. The van der Waals surface area contributed by atoms with Gasteiger partial charge in [-0.25, -0.2) is 4.57 Å². The van der Waals surface area contributed by atoms with Gasteiger partial charge in [0, 0.05) is 12.8 Å². The smallest absolute Gasteiger partial charge is 0.462 e. The average molecular weight is 923 g/mol. The largest absolute Gasteiger partial charge is 0.472 e. The van der Waals surface area contributed by atoms with Crippen LogP contribution in [-0.2, 0) is 32.7 Å². The standard InChI is InChI=1S/C49H95O13P/c1-3-5-7-9-11-13-15-17-19-20-21-22-23-24-26-28-30-32-34-36-38-43(51)61-41(40-60-63(57,58)62-49-47(55)45(53)44(52)46(54)48(49)56)39-59-42(50)37-35-33-31-29-27-25-18-16-14-12-10-8-6-4-2/h41,44-49,52-56H,3-40H2,1-2H3,(H,57,58). The highest BCUT2D eigenvalue weighted by molar-refractivity contribution is 7.47. The Hall–Kier alpha value is -1.15. The summed E-state index contributed by atoms with van der Waals surface area (Å²) < 4.78 is 33.6. The number of carbonyl (C=O) groups excluding carboxylic acids is 2. The van der Waals surface area contributed by atoms with Crippen LogP contribution in [0.1, 0.15) is 245 Å². The SMILES string of the molecule is CCCCCCCCCCCCCCCCCCCCCCC(=O)OC(COC(=O)CCCCCCCCCCCCCCCC)COP(=O)(O)OC1C(O)C(O)C(O)C(O)C1O. The highest BCUT2D eigenvalue weighted by Gasteiger charge is 2.51. The molecule has 0 heterocycles. The van der Waals surface area contributed by atoms with Crippen molar-refractivity contribution in [3.05, 3.63) is 0 Å². The number of carbonyl (C=O) groups is 2. The van der Waals surface area contributed by atoms with Crippen LogP contribution in [0, 0.1) is 0 Å². The van der Waals surface area contributed by atoms with Crippen molar-refractivity contribution >= 4 is 19.8 Å². The molecule has 13 nitrogen and oxygen atoms in total. The molecule has 6 N–H and O–H groups in total. The van der Waals surface area contributed by atoms with Gasteiger partial charge in [0.25, 0.3) is 0 Å². The van der Waals surface area contributed by atoms with Crippen molar-refractivity contribution in [1.82, 2.24) is 0 Å². The van der Waals surface area contributed by atoms with Crippen LogP contribution in [0.3, 0.4) is 0 Å². The van der Waals surface area contributed by atoms with Crippen molar-refractivity contribution in [2.75, 3.05) is 13.2 Å². The Bertz CT molecular complexity index is 1110. The number of rotatable bonds is 44. The number of ether oxygens (including phenoxy) is 2. The zero-order chi connectivity index (χ0) is 46.4. The molecule has 14 heteroatoms. The number of esters is 2. The van der Waals surface area contributed by atoms with Crippen molar-refractivity contribution in [3.8, 4) is 0 Å². The Labute approximate surface area is 382 Å². The molecule has 1 rings (SSSR count). The van der Waals surface area contributed by atoms with E-state index in [1.165, 1.54) is 167 Å². The third-order valence-electron chi connectivity index (χ3n) is 12.4. The predicted octanol–water partition coefficient (Wildman–Crippen LogP) is 10.8. The molecule has 0 amide bonds. The molecule has 6 unspecified atom stereocenters. The summed E-state index contributed by atoms with van der Waals surface area (Å²) in [5.74, 6) is -1.08. The summed E-state index contributed by atoms with van der Waals surface area (Å²) in [6, 6.07) is 0. The number of aliphatic hydroxyl groups excluding tert-OH is 5. The quantitative estimate of drug-likeness (QED) is 0.0191. The van der Waals surface area contributed by atoms with Gasteiger partial charge in [0.15, 0.2) is 6.10 Å². The van der Waals surface area contributed by atoms with E-state index in [-0.39, 0.29) is 12.8 Å². The molecule has 1 saturated carbocycles. The summed E-state index contributed by atoms with van der Waals surface area (Å²) in [6.45, 7) is 3.35. The van der Waals surface area contributed by atoms with Crippen LogP contribution in [-0.4, -0.2) is 98.3 Å². The first kappa shape index (κ1) is 59.9. The van der Waals surface area contributed by atoms with Gasteiger partial charge in [-0.15, -0.1) is 0 Å². The lowest BCUT2D eigenvalue weighted by Crippen LogP contribution is -2.64. The highest BCUT2D eigenvalue weighted by atomic mass is 31.2. The Morgan fingerprint density at radius 1 is 0.429 bits per heavy atom. The summed E-state index contributed by atoms with van der Waals surface area (Å²) in [5, 5.41) is 50.2. The van der Waals surface area contributed by atoms with Crippen LogP contribution in [0.15, 0.2) is 0 Å². The van der Waals surface area contributed by atoms with E-state index >= 15 is 0 Å². The summed E-state index contributed by atoms with van der Waals surface area (Å²) in [5.41, 5.74) is 0. The monoisotopic (exact) mass is 923 g/mol. The van der Waals surface area contributed by atoms with Crippen LogP contribution in [0.4, 0.5) is 0 Å². The van der Waals surface area contributed by atoms with Crippen molar-refractivity contribution in [3.63, 3.8) is 0 Å². The van der Waals surface area contributed by atoms with E-state index < -0.39 is 75.7 Å². The number of unbranched alkanes of at least 4 members (excludes halogenated alkanes) is 32. The van der Waals surface area contributed by atoms with Crippen LogP contribution in [0.5, 0.6) is 0 Å². The second-order valence-electron chi connectivity index (χ2n) is 18.4. The molecule has 0 aliphatic heterocycles. The van der Waals surface area contributed by atoms with Gasteiger partial charge in [-0.05, 0) is 12.8 Å². The maximum Gasteiger partial charge on any atom is 0.472 e. The Morgan fingerprint density at radius 2 is 0.714 bits per heavy atom. The van der Waals surface area contributed by atoms with Gasteiger partial charge in [0.1, 0.15) is 43.2 Å². The molecule has 6 atom stereocenters. The second-order valence-corrected chi connectivity index (χ2v) is 19.8. The van der Waals surface area contributed by atoms with E-state index in [1.807, 2.05) is 0 Å². The summed E-state index contributed by atoms with van der Waals surface area (Å²) in [6.07, 6.45) is 28.7. The molecule has 0 radical (unpaired) electrons. The lowest BCUT2D eigenvalue weighted by atomic mass is 9.85. The molecule has 0 spiro atoms. The summed E-state index contributed by atoms with van der Waals surface area (Å²) in [7, 11) is -5.11. The fourth-order valence-corrected chi connectivity index (χ4v) is 9.26. The first-order chi connectivity index (χ1) is 30.4. The van der Waals surface area contributed by atoms with Gasteiger partial charge >= 0.3 is 19.8 Å². The first-order valence-electron chi connectivity index (χ1n) is 25.8. The minimum atomic E-state index is -5.11.